The maximum absolute atomic E-state index is 11.5. The molecule has 0 aliphatic heterocycles. The first kappa shape index (κ1) is 13.5. The summed E-state index contributed by atoms with van der Waals surface area (Å²) in [5.74, 6) is 0.723. The number of carbonyl (C=O) groups excluding carboxylic acids is 1. The first-order valence-electron chi connectivity index (χ1n) is 6.03. The molecule has 0 bridgehead atoms. The maximum atomic E-state index is 11.5. The second kappa shape index (κ2) is 6.85. The Balaban J connectivity index is 1.68. The summed E-state index contributed by atoms with van der Waals surface area (Å²) in [6, 6.07) is 11.0. The van der Waals surface area contributed by atoms with Crippen LogP contribution in [0.15, 0.2) is 47.1 Å². The molecule has 19 heavy (non-hydrogen) atoms. The Morgan fingerprint density at radius 3 is 2.74 bits per heavy atom. The summed E-state index contributed by atoms with van der Waals surface area (Å²) in [6.07, 6.45) is 2.28. The van der Waals surface area contributed by atoms with Crippen molar-refractivity contribution >= 4 is 17.6 Å². The van der Waals surface area contributed by atoms with Crippen molar-refractivity contribution in [2.45, 2.75) is 13.0 Å². The zero-order valence-electron chi connectivity index (χ0n) is 10.4. The van der Waals surface area contributed by atoms with Gasteiger partial charge >= 0.3 is 6.03 Å². The molecule has 0 radical (unpaired) electrons. The van der Waals surface area contributed by atoms with Crippen LogP contribution >= 0.6 is 11.6 Å². The topological polar surface area (TPSA) is 54.3 Å². The van der Waals surface area contributed by atoms with Gasteiger partial charge in [-0.3, -0.25) is 0 Å². The van der Waals surface area contributed by atoms with Crippen LogP contribution in [0, 0.1) is 0 Å². The fraction of sp³-hybridized carbons (Fsp3) is 0.214. The Bertz CT molecular complexity index is 526. The largest absolute Gasteiger partial charge is 0.467 e. The minimum absolute atomic E-state index is 0.219. The molecule has 4 nitrogen and oxygen atoms in total. The van der Waals surface area contributed by atoms with E-state index in [1.165, 1.54) is 0 Å². The molecule has 1 aromatic carbocycles. The zero-order chi connectivity index (χ0) is 13.5. The van der Waals surface area contributed by atoms with E-state index in [2.05, 4.69) is 10.6 Å². The molecule has 0 saturated heterocycles. The Morgan fingerprint density at radius 1 is 1.16 bits per heavy atom. The average molecular weight is 279 g/mol. The number of carbonyl (C=O) groups is 1. The molecule has 0 aliphatic rings. The monoisotopic (exact) mass is 278 g/mol. The summed E-state index contributed by atoms with van der Waals surface area (Å²) in [5, 5.41) is 6.20. The molecule has 2 N–H and O–H groups in total. The van der Waals surface area contributed by atoms with Gasteiger partial charge in [0.1, 0.15) is 5.76 Å². The summed E-state index contributed by atoms with van der Waals surface area (Å²) < 4.78 is 5.11. The molecule has 0 spiro atoms. The summed E-state index contributed by atoms with van der Waals surface area (Å²) in [4.78, 5) is 11.5. The van der Waals surface area contributed by atoms with Gasteiger partial charge in [-0.25, -0.2) is 4.79 Å². The van der Waals surface area contributed by atoms with Crippen molar-refractivity contribution in [3.05, 3.63) is 59.0 Å². The van der Waals surface area contributed by atoms with Gasteiger partial charge < -0.3 is 15.1 Å². The normalized spacial score (nSPS) is 10.2. The molecule has 2 amide bonds. The molecule has 1 aromatic heterocycles. The van der Waals surface area contributed by atoms with Crippen LogP contribution in [0.2, 0.25) is 5.02 Å². The number of nitrogens with one attached hydrogen (secondary N) is 2. The number of amides is 2. The molecule has 0 unspecified atom stereocenters. The van der Waals surface area contributed by atoms with Crippen molar-refractivity contribution in [1.29, 1.82) is 0 Å². The van der Waals surface area contributed by atoms with Gasteiger partial charge in [0.25, 0.3) is 0 Å². The number of hydrogen-bond acceptors (Lipinski definition) is 2. The second-order valence-corrected chi connectivity index (χ2v) is 4.44. The van der Waals surface area contributed by atoms with Crippen LogP contribution in [0.1, 0.15) is 11.3 Å². The molecule has 0 atom stereocenters. The van der Waals surface area contributed by atoms with Crippen LogP contribution in [0.4, 0.5) is 4.79 Å². The first-order valence-corrected chi connectivity index (χ1v) is 6.41. The van der Waals surface area contributed by atoms with E-state index in [0.29, 0.717) is 19.5 Å². The van der Waals surface area contributed by atoms with Crippen LogP contribution in [0.5, 0.6) is 0 Å². The van der Waals surface area contributed by atoms with Crippen molar-refractivity contribution in [3.63, 3.8) is 0 Å². The van der Waals surface area contributed by atoms with Gasteiger partial charge in [-0.1, -0.05) is 29.8 Å². The standard InChI is InChI=1S/C14H15ClN2O2/c15-13-6-2-1-4-11(13)7-8-16-14(18)17-10-12-5-3-9-19-12/h1-6,9H,7-8,10H2,(H2,16,17,18). The smallest absolute Gasteiger partial charge is 0.315 e. The highest BCUT2D eigenvalue weighted by Crippen LogP contribution is 2.14. The van der Waals surface area contributed by atoms with E-state index in [1.54, 1.807) is 12.3 Å². The lowest BCUT2D eigenvalue weighted by molar-refractivity contribution is 0.239. The quantitative estimate of drug-likeness (QED) is 0.883. The third-order valence-electron chi connectivity index (χ3n) is 2.64. The lowest BCUT2D eigenvalue weighted by Gasteiger charge is -2.07. The lowest BCUT2D eigenvalue weighted by Crippen LogP contribution is -2.36. The fourth-order valence-corrected chi connectivity index (χ4v) is 1.89. The molecule has 5 heteroatoms. The van der Waals surface area contributed by atoms with E-state index in [4.69, 9.17) is 16.0 Å². The first-order chi connectivity index (χ1) is 9.25. The number of furan rings is 1. The summed E-state index contributed by atoms with van der Waals surface area (Å²) in [7, 11) is 0. The number of rotatable bonds is 5. The zero-order valence-corrected chi connectivity index (χ0v) is 11.1. The Kier molecular flexibility index (Phi) is 4.86. The molecular formula is C14H15ClN2O2. The van der Waals surface area contributed by atoms with Crippen LogP contribution in [-0.4, -0.2) is 12.6 Å². The second-order valence-electron chi connectivity index (χ2n) is 4.03. The van der Waals surface area contributed by atoms with E-state index in [1.807, 2.05) is 30.3 Å². The Morgan fingerprint density at radius 2 is 2.00 bits per heavy atom. The Labute approximate surface area is 116 Å². The molecule has 0 aliphatic carbocycles. The fourth-order valence-electron chi connectivity index (χ4n) is 1.65. The molecule has 0 saturated carbocycles. The van der Waals surface area contributed by atoms with Crippen LogP contribution in [0.3, 0.4) is 0 Å². The van der Waals surface area contributed by atoms with Crippen LogP contribution < -0.4 is 10.6 Å². The van der Waals surface area contributed by atoms with Gasteiger partial charge in [0.2, 0.25) is 0 Å². The predicted octanol–water partition coefficient (Wildman–Crippen LogP) is 2.97. The van der Waals surface area contributed by atoms with Crippen molar-refractivity contribution in [1.82, 2.24) is 10.6 Å². The minimum atomic E-state index is -0.219. The maximum Gasteiger partial charge on any atom is 0.315 e. The van der Waals surface area contributed by atoms with Gasteiger partial charge in [0.05, 0.1) is 12.8 Å². The van der Waals surface area contributed by atoms with Gasteiger partial charge in [0.15, 0.2) is 0 Å². The number of hydrogen-bond donors (Lipinski definition) is 2. The summed E-state index contributed by atoms with van der Waals surface area (Å²) >= 11 is 6.03. The van der Waals surface area contributed by atoms with E-state index in [-0.39, 0.29) is 6.03 Å². The van der Waals surface area contributed by atoms with Crippen molar-refractivity contribution in [3.8, 4) is 0 Å². The Hall–Kier alpha value is -1.94. The SMILES string of the molecule is O=C(NCCc1ccccc1Cl)NCc1ccco1. The molecule has 2 rings (SSSR count). The molecule has 0 fully saturated rings. The van der Waals surface area contributed by atoms with E-state index >= 15 is 0 Å². The summed E-state index contributed by atoms with van der Waals surface area (Å²) in [5.41, 5.74) is 1.02. The lowest BCUT2D eigenvalue weighted by atomic mass is 10.1. The molecule has 100 valence electrons. The van der Waals surface area contributed by atoms with Crippen LogP contribution in [0.25, 0.3) is 0 Å². The van der Waals surface area contributed by atoms with E-state index in [0.717, 1.165) is 16.3 Å². The van der Waals surface area contributed by atoms with Gasteiger partial charge in [-0.15, -0.1) is 0 Å². The van der Waals surface area contributed by atoms with E-state index < -0.39 is 0 Å². The van der Waals surface area contributed by atoms with Gasteiger partial charge in [-0.05, 0) is 30.2 Å². The molecule has 2 aromatic rings. The minimum Gasteiger partial charge on any atom is -0.467 e. The molecule has 1 heterocycles. The number of halogens is 1. The summed E-state index contributed by atoms with van der Waals surface area (Å²) in [6.45, 7) is 0.915. The third kappa shape index (κ3) is 4.34. The van der Waals surface area contributed by atoms with Crippen molar-refractivity contribution < 1.29 is 9.21 Å². The highest BCUT2D eigenvalue weighted by Gasteiger charge is 2.03. The third-order valence-corrected chi connectivity index (χ3v) is 3.01. The molecular weight excluding hydrogens is 264 g/mol. The number of urea groups is 1. The van der Waals surface area contributed by atoms with Crippen molar-refractivity contribution in [2.24, 2.45) is 0 Å². The number of benzene rings is 1. The van der Waals surface area contributed by atoms with Gasteiger partial charge in [-0.2, -0.15) is 0 Å². The van der Waals surface area contributed by atoms with E-state index in [9.17, 15) is 4.79 Å². The predicted molar refractivity (Wildman–Crippen MR) is 74.1 cm³/mol. The van der Waals surface area contributed by atoms with Gasteiger partial charge in [0, 0.05) is 11.6 Å². The highest BCUT2D eigenvalue weighted by molar-refractivity contribution is 6.31. The van der Waals surface area contributed by atoms with Crippen molar-refractivity contribution in [2.75, 3.05) is 6.54 Å². The highest BCUT2D eigenvalue weighted by atomic mass is 35.5. The average Bonchev–Trinajstić information content (AvgIpc) is 2.92. The van der Waals surface area contributed by atoms with Crippen LogP contribution in [-0.2, 0) is 13.0 Å².